The molecule has 2 rings (SSSR count). The van der Waals surface area contributed by atoms with Crippen LogP contribution in [0.2, 0.25) is 0 Å². The highest BCUT2D eigenvalue weighted by molar-refractivity contribution is 5.99. The zero-order valence-corrected chi connectivity index (χ0v) is 11.0. The van der Waals surface area contributed by atoms with Crippen molar-refractivity contribution in [2.24, 2.45) is 11.7 Å². The monoisotopic (exact) mass is 264 g/mol. The van der Waals surface area contributed by atoms with Gasteiger partial charge in [-0.3, -0.25) is 4.79 Å². The molecule has 0 aliphatic carbocycles. The predicted molar refractivity (Wildman–Crippen MR) is 72.0 cm³/mol. The lowest BCUT2D eigenvalue weighted by Crippen LogP contribution is -2.49. The molecule has 19 heavy (non-hydrogen) atoms. The van der Waals surface area contributed by atoms with Gasteiger partial charge in [0.15, 0.2) is 0 Å². The summed E-state index contributed by atoms with van der Waals surface area (Å²) in [5.41, 5.74) is 5.70. The second-order valence-corrected chi connectivity index (χ2v) is 5.19. The first-order valence-electron chi connectivity index (χ1n) is 6.56. The smallest absolute Gasteiger partial charge is 0.261 e. The summed E-state index contributed by atoms with van der Waals surface area (Å²) in [4.78, 5) is 14.1. The molecule has 0 spiro atoms. The number of phenolic OH excluding ortho intramolecular Hbond substituents is 2. The number of hydrogen-bond acceptors (Lipinski definition) is 4. The second kappa shape index (κ2) is 5.48. The van der Waals surface area contributed by atoms with Crippen molar-refractivity contribution in [2.75, 3.05) is 13.1 Å². The van der Waals surface area contributed by atoms with Crippen molar-refractivity contribution >= 4 is 5.91 Å². The van der Waals surface area contributed by atoms with Crippen LogP contribution >= 0.6 is 0 Å². The van der Waals surface area contributed by atoms with Crippen LogP contribution in [0.3, 0.4) is 0 Å². The topological polar surface area (TPSA) is 86.8 Å². The highest BCUT2D eigenvalue weighted by Crippen LogP contribution is 2.31. The quantitative estimate of drug-likeness (QED) is 0.751. The third kappa shape index (κ3) is 2.66. The number of benzene rings is 1. The molecule has 2 atom stereocenters. The van der Waals surface area contributed by atoms with Gasteiger partial charge in [-0.05, 0) is 30.9 Å². The summed E-state index contributed by atoms with van der Waals surface area (Å²) in [6.07, 6.45) is 1.77. The first kappa shape index (κ1) is 13.7. The first-order valence-corrected chi connectivity index (χ1v) is 6.56. The van der Waals surface area contributed by atoms with E-state index in [0.29, 0.717) is 19.0 Å². The van der Waals surface area contributed by atoms with Crippen molar-refractivity contribution < 1.29 is 15.0 Å². The lowest BCUT2D eigenvalue weighted by Gasteiger charge is -2.38. The van der Waals surface area contributed by atoms with Crippen LogP contribution in [0.1, 0.15) is 30.1 Å². The number of likely N-dealkylation sites (tertiary alicyclic amines) is 1. The Labute approximate surface area is 112 Å². The number of nitrogens with zero attached hydrogens (tertiary/aromatic N) is 1. The largest absolute Gasteiger partial charge is 0.507 e. The van der Waals surface area contributed by atoms with Crippen LogP contribution in [0.15, 0.2) is 18.2 Å². The van der Waals surface area contributed by atoms with Gasteiger partial charge in [-0.25, -0.2) is 0 Å². The summed E-state index contributed by atoms with van der Waals surface area (Å²) in [7, 11) is 0. The number of hydrogen-bond donors (Lipinski definition) is 3. The molecular formula is C14H20N2O3. The van der Waals surface area contributed by atoms with Crippen molar-refractivity contribution in [3.8, 4) is 11.5 Å². The molecule has 5 nitrogen and oxygen atoms in total. The molecule has 1 aromatic rings. The number of rotatable bonds is 2. The molecule has 2 unspecified atom stereocenters. The van der Waals surface area contributed by atoms with E-state index in [2.05, 4.69) is 6.92 Å². The van der Waals surface area contributed by atoms with Gasteiger partial charge >= 0.3 is 0 Å². The Hall–Kier alpha value is -1.75. The average Bonchev–Trinajstić information content (AvgIpc) is 2.38. The van der Waals surface area contributed by atoms with Crippen molar-refractivity contribution in [3.63, 3.8) is 0 Å². The maximum absolute atomic E-state index is 12.5. The molecule has 1 aliphatic rings. The zero-order chi connectivity index (χ0) is 14.0. The van der Waals surface area contributed by atoms with Crippen LogP contribution in [-0.2, 0) is 0 Å². The van der Waals surface area contributed by atoms with Gasteiger partial charge in [0, 0.05) is 19.1 Å². The Morgan fingerprint density at radius 1 is 1.42 bits per heavy atom. The number of phenols is 2. The van der Waals surface area contributed by atoms with Gasteiger partial charge < -0.3 is 20.8 Å². The molecule has 1 amide bonds. The minimum absolute atomic E-state index is 0.0319. The number of piperidine rings is 1. The van der Waals surface area contributed by atoms with Gasteiger partial charge in [0.2, 0.25) is 0 Å². The molecule has 0 radical (unpaired) electrons. The van der Waals surface area contributed by atoms with Gasteiger partial charge in [0.05, 0.1) is 0 Å². The summed E-state index contributed by atoms with van der Waals surface area (Å²) in [5.74, 6) is -0.202. The predicted octanol–water partition coefficient (Wildman–Crippen LogP) is 1.30. The number of aromatic hydroxyl groups is 2. The number of amides is 1. The molecule has 0 bridgehead atoms. The van der Waals surface area contributed by atoms with Gasteiger partial charge in [0.25, 0.3) is 5.91 Å². The van der Waals surface area contributed by atoms with Crippen LogP contribution in [0.5, 0.6) is 11.5 Å². The number of carbonyl (C=O) groups is 1. The molecular weight excluding hydrogens is 244 g/mol. The Morgan fingerprint density at radius 3 is 2.63 bits per heavy atom. The van der Waals surface area contributed by atoms with Crippen molar-refractivity contribution in [3.05, 3.63) is 23.8 Å². The molecule has 1 aliphatic heterocycles. The van der Waals surface area contributed by atoms with Crippen LogP contribution in [0.4, 0.5) is 0 Å². The van der Waals surface area contributed by atoms with E-state index in [-0.39, 0.29) is 29.0 Å². The summed E-state index contributed by atoms with van der Waals surface area (Å²) in [6.45, 7) is 3.14. The standard InChI is InChI=1S/C14H20N2O3/c1-9-5-6-16(10(7-9)8-15)14(19)13-11(17)3-2-4-12(13)18/h2-4,9-10,17-18H,5-8,15H2,1H3. The van der Waals surface area contributed by atoms with Crippen LogP contribution in [-0.4, -0.2) is 40.2 Å². The van der Waals surface area contributed by atoms with Crippen LogP contribution in [0, 0.1) is 5.92 Å². The minimum Gasteiger partial charge on any atom is -0.507 e. The number of carbonyl (C=O) groups excluding carboxylic acids is 1. The van der Waals surface area contributed by atoms with Gasteiger partial charge in [-0.15, -0.1) is 0 Å². The molecule has 1 aromatic carbocycles. The third-order valence-electron chi connectivity index (χ3n) is 3.75. The lowest BCUT2D eigenvalue weighted by atomic mass is 9.91. The van der Waals surface area contributed by atoms with Gasteiger partial charge in [0.1, 0.15) is 17.1 Å². The fraction of sp³-hybridized carbons (Fsp3) is 0.500. The van der Waals surface area contributed by atoms with Gasteiger partial charge in [-0.2, -0.15) is 0 Å². The van der Waals surface area contributed by atoms with Crippen molar-refractivity contribution in [1.82, 2.24) is 4.90 Å². The Morgan fingerprint density at radius 2 is 2.05 bits per heavy atom. The lowest BCUT2D eigenvalue weighted by molar-refractivity contribution is 0.0567. The normalized spacial score (nSPS) is 23.4. The van der Waals surface area contributed by atoms with E-state index in [9.17, 15) is 15.0 Å². The molecule has 4 N–H and O–H groups in total. The summed E-state index contributed by atoms with van der Waals surface area (Å²) in [5, 5.41) is 19.5. The summed E-state index contributed by atoms with van der Waals surface area (Å²) in [6, 6.07) is 4.27. The maximum atomic E-state index is 12.5. The Balaban J connectivity index is 2.28. The molecule has 0 saturated carbocycles. The van der Waals surface area contributed by atoms with Crippen LogP contribution < -0.4 is 5.73 Å². The second-order valence-electron chi connectivity index (χ2n) is 5.19. The van der Waals surface area contributed by atoms with E-state index < -0.39 is 0 Å². The summed E-state index contributed by atoms with van der Waals surface area (Å²) >= 11 is 0. The fourth-order valence-corrected chi connectivity index (χ4v) is 2.63. The highest BCUT2D eigenvalue weighted by atomic mass is 16.3. The van der Waals surface area contributed by atoms with Crippen molar-refractivity contribution in [2.45, 2.75) is 25.8 Å². The van der Waals surface area contributed by atoms with E-state index in [1.54, 1.807) is 4.90 Å². The maximum Gasteiger partial charge on any atom is 0.261 e. The SMILES string of the molecule is CC1CCN(C(=O)c2c(O)cccc2O)C(CN)C1. The van der Waals surface area contributed by atoms with E-state index in [4.69, 9.17) is 5.73 Å². The molecule has 1 saturated heterocycles. The molecule has 104 valence electrons. The highest BCUT2D eigenvalue weighted by Gasteiger charge is 2.31. The Bertz CT molecular complexity index is 456. The molecule has 0 aromatic heterocycles. The molecule has 5 heteroatoms. The molecule has 1 heterocycles. The molecule has 1 fully saturated rings. The first-order chi connectivity index (χ1) is 9.04. The van der Waals surface area contributed by atoms with E-state index in [1.165, 1.54) is 18.2 Å². The van der Waals surface area contributed by atoms with Gasteiger partial charge in [-0.1, -0.05) is 13.0 Å². The van der Waals surface area contributed by atoms with E-state index in [1.807, 2.05) is 0 Å². The van der Waals surface area contributed by atoms with E-state index in [0.717, 1.165) is 12.8 Å². The zero-order valence-electron chi connectivity index (χ0n) is 11.0. The average molecular weight is 264 g/mol. The summed E-state index contributed by atoms with van der Waals surface area (Å²) < 4.78 is 0. The minimum atomic E-state index is -0.349. The van der Waals surface area contributed by atoms with Crippen LogP contribution in [0.25, 0.3) is 0 Å². The third-order valence-corrected chi connectivity index (χ3v) is 3.75. The fourth-order valence-electron chi connectivity index (χ4n) is 2.63. The van der Waals surface area contributed by atoms with E-state index >= 15 is 0 Å². The van der Waals surface area contributed by atoms with Crippen molar-refractivity contribution in [1.29, 1.82) is 0 Å². The number of nitrogens with two attached hydrogens (primary N) is 1. The Kier molecular flexibility index (Phi) is 3.95.